The van der Waals surface area contributed by atoms with Crippen LogP contribution in [0.5, 0.6) is 0 Å². The van der Waals surface area contributed by atoms with Crippen LogP contribution >= 0.6 is 0 Å². The van der Waals surface area contributed by atoms with Crippen molar-refractivity contribution in [1.82, 2.24) is 15.5 Å². The van der Waals surface area contributed by atoms with Crippen LogP contribution < -0.4 is 16.4 Å². The zero-order valence-electron chi connectivity index (χ0n) is 20.9. The van der Waals surface area contributed by atoms with E-state index in [1.807, 2.05) is 26.8 Å². The maximum absolute atomic E-state index is 14.5. The van der Waals surface area contributed by atoms with E-state index in [-0.39, 0.29) is 42.9 Å². The molecule has 192 valence electrons. The smallest absolute Gasteiger partial charge is 0.406 e. The van der Waals surface area contributed by atoms with E-state index in [0.29, 0.717) is 5.56 Å². The van der Waals surface area contributed by atoms with Crippen LogP contribution in [0.3, 0.4) is 0 Å². The minimum Gasteiger partial charge on any atom is -0.453 e. The average molecular weight is 498 g/mol. The molecule has 2 unspecified atom stereocenters. The van der Waals surface area contributed by atoms with Crippen molar-refractivity contribution in [3.05, 3.63) is 71.0 Å². The first-order valence-electron chi connectivity index (χ1n) is 11.6. The Labute approximate surface area is 209 Å². The highest BCUT2D eigenvalue weighted by Crippen LogP contribution is 2.30. The highest BCUT2D eigenvalue weighted by molar-refractivity contribution is 5.99. The molecule has 2 aromatic carbocycles. The van der Waals surface area contributed by atoms with Crippen molar-refractivity contribution in [2.45, 2.75) is 45.3 Å². The molecule has 0 saturated heterocycles. The first-order valence-corrected chi connectivity index (χ1v) is 11.6. The average Bonchev–Trinajstić information content (AvgIpc) is 2.83. The maximum Gasteiger partial charge on any atom is 0.406 e. The lowest BCUT2D eigenvalue weighted by atomic mass is 9.84. The molecular weight excluding hydrogens is 465 g/mol. The maximum atomic E-state index is 14.5. The summed E-state index contributed by atoms with van der Waals surface area (Å²) in [5.41, 5.74) is 6.70. The number of nitrogens with one attached hydrogen (secondary N) is 2. The number of amides is 3. The summed E-state index contributed by atoms with van der Waals surface area (Å²) in [6.07, 6.45) is -0.461. The van der Waals surface area contributed by atoms with Gasteiger partial charge in [-0.3, -0.25) is 14.5 Å². The summed E-state index contributed by atoms with van der Waals surface area (Å²) in [4.78, 5) is 43.3. The first kappa shape index (κ1) is 26.7. The molecule has 4 N–H and O–H groups in total. The van der Waals surface area contributed by atoms with Crippen LogP contribution in [-0.2, 0) is 16.1 Å². The van der Waals surface area contributed by atoms with Gasteiger partial charge in [0.25, 0.3) is 5.91 Å². The number of methoxy groups -OCH3 is 1. The second-order valence-corrected chi connectivity index (χ2v) is 9.30. The molecule has 0 radical (unpaired) electrons. The van der Waals surface area contributed by atoms with Crippen LogP contribution in [0.1, 0.15) is 54.7 Å². The van der Waals surface area contributed by atoms with Gasteiger partial charge in [-0.05, 0) is 42.2 Å². The quantitative estimate of drug-likeness (QED) is 0.517. The largest absolute Gasteiger partial charge is 0.453 e. The first-order chi connectivity index (χ1) is 17.0. The number of halogens is 1. The number of rotatable bonds is 8. The lowest BCUT2D eigenvalue weighted by Crippen LogP contribution is -2.51. The second kappa shape index (κ2) is 11.2. The van der Waals surface area contributed by atoms with Crippen molar-refractivity contribution >= 4 is 23.9 Å². The van der Waals surface area contributed by atoms with Crippen molar-refractivity contribution < 1.29 is 23.5 Å². The molecule has 2 atom stereocenters. The topological polar surface area (TPSA) is 126 Å². The lowest BCUT2D eigenvalue weighted by molar-refractivity contribution is -0.130. The summed E-state index contributed by atoms with van der Waals surface area (Å²) in [7, 11) is 1.24. The summed E-state index contributed by atoms with van der Waals surface area (Å²) < 4.78 is 19.1. The molecule has 10 heteroatoms. The van der Waals surface area contributed by atoms with Gasteiger partial charge in [-0.2, -0.15) is 0 Å². The van der Waals surface area contributed by atoms with E-state index in [4.69, 9.17) is 5.73 Å². The number of hydrogen-bond acceptors (Lipinski definition) is 6. The zero-order valence-corrected chi connectivity index (χ0v) is 20.9. The summed E-state index contributed by atoms with van der Waals surface area (Å²) in [5, 5.41) is 5.39. The third kappa shape index (κ3) is 6.38. The van der Waals surface area contributed by atoms with E-state index < -0.39 is 29.4 Å². The number of aliphatic imine (C=N–C) groups is 1. The summed E-state index contributed by atoms with van der Waals surface area (Å²) in [5.74, 6) is -1.22. The van der Waals surface area contributed by atoms with E-state index in [1.165, 1.54) is 24.1 Å². The zero-order chi connectivity index (χ0) is 26.5. The SMILES string of the molecule is COC(=O)NCC(NC(=O)c1cc(F)cc(CN2C(=O)CC(C)(C(C)C)N=C2N)c1)c1ccccc1. The van der Waals surface area contributed by atoms with E-state index in [9.17, 15) is 18.8 Å². The molecular formula is C26H32FN5O4. The van der Waals surface area contributed by atoms with Gasteiger partial charge in [0.15, 0.2) is 5.96 Å². The molecule has 0 saturated carbocycles. The van der Waals surface area contributed by atoms with Crippen LogP contribution in [0.15, 0.2) is 53.5 Å². The van der Waals surface area contributed by atoms with E-state index in [0.717, 1.165) is 11.6 Å². The van der Waals surface area contributed by atoms with Crippen molar-refractivity contribution in [2.75, 3.05) is 13.7 Å². The number of nitrogens with zero attached hydrogens (tertiary/aromatic N) is 2. The van der Waals surface area contributed by atoms with Crippen molar-refractivity contribution in [2.24, 2.45) is 16.6 Å². The normalized spacial score (nSPS) is 18.4. The van der Waals surface area contributed by atoms with E-state index in [1.54, 1.807) is 24.3 Å². The number of hydrogen-bond donors (Lipinski definition) is 3. The van der Waals surface area contributed by atoms with E-state index >= 15 is 0 Å². The number of nitrogens with two attached hydrogens (primary N) is 1. The molecule has 1 aliphatic heterocycles. The lowest BCUT2D eigenvalue weighted by Gasteiger charge is -2.37. The van der Waals surface area contributed by atoms with Crippen LogP contribution in [0.2, 0.25) is 0 Å². The van der Waals surface area contributed by atoms with Crippen LogP contribution in [0.25, 0.3) is 0 Å². The minimum atomic E-state index is -0.641. The third-order valence-electron chi connectivity index (χ3n) is 6.40. The Morgan fingerprint density at radius 1 is 1.22 bits per heavy atom. The molecule has 9 nitrogen and oxygen atoms in total. The number of guanidine groups is 1. The predicted molar refractivity (Wildman–Crippen MR) is 133 cm³/mol. The fourth-order valence-corrected chi connectivity index (χ4v) is 3.89. The summed E-state index contributed by atoms with van der Waals surface area (Å²) in [6, 6.07) is 12.3. The Bertz CT molecular complexity index is 1150. The molecule has 1 heterocycles. The Morgan fingerprint density at radius 2 is 1.92 bits per heavy atom. The van der Waals surface area contributed by atoms with Gasteiger partial charge >= 0.3 is 6.09 Å². The highest BCUT2D eigenvalue weighted by Gasteiger charge is 2.38. The molecule has 0 spiro atoms. The predicted octanol–water partition coefficient (Wildman–Crippen LogP) is 3.11. The van der Waals surface area contributed by atoms with Gasteiger partial charge in [0.2, 0.25) is 5.91 Å². The van der Waals surface area contributed by atoms with Gasteiger partial charge in [-0.15, -0.1) is 0 Å². The van der Waals surface area contributed by atoms with E-state index in [2.05, 4.69) is 20.4 Å². The Balaban J connectivity index is 1.81. The number of benzene rings is 2. The van der Waals surface area contributed by atoms with Gasteiger partial charge in [-0.1, -0.05) is 44.2 Å². The summed E-state index contributed by atoms with van der Waals surface area (Å²) in [6.45, 7) is 5.87. The fourth-order valence-electron chi connectivity index (χ4n) is 3.89. The molecule has 0 aromatic heterocycles. The van der Waals surface area contributed by atoms with Crippen molar-refractivity contribution in [3.8, 4) is 0 Å². The Kier molecular flexibility index (Phi) is 8.29. The number of ether oxygens (including phenoxy) is 1. The van der Waals surface area contributed by atoms with Gasteiger partial charge in [0.05, 0.1) is 31.7 Å². The summed E-state index contributed by atoms with van der Waals surface area (Å²) >= 11 is 0. The molecule has 1 aliphatic rings. The van der Waals surface area contributed by atoms with Crippen LogP contribution in [0.4, 0.5) is 9.18 Å². The Hall–Kier alpha value is -3.95. The van der Waals surface area contributed by atoms with Crippen LogP contribution in [-0.4, -0.2) is 48.0 Å². The van der Waals surface area contributed by atoms with Crippen LogP contribution in [0, 0.1) is 11.7 Å². The molecule has 3 amide bonds. The van der Waals surface area contributed by atoms with Gasteiger partial charge in [0, 0.05) is 12.1 Å². The monoisotopic (exact) mass is 497 g/mol. The molecule has 0 aliphatic carbocycles. The standard InChI is InChI=1S/C26H32FN5O4/c1-16(2)26(3)13-22(33)32(24(28)31-26)15-17-10-19(12-20(27)11-17)23(34)30-21(14-29-25(35)36-4)18-8-6-5-7-9-18/h5-12,16,21H,13-15H2,1-4H3,(H2,28,31)(H,29,35)(H,30,34). The second-order valence-electron chi connectivity index (χ2n) is 9.30. The third-order valence-corrected chi connectivity index (χ3v) is 6.40. The molecule has 36 heavy (non-hydrogen) atoms. The Morgan fingerprint density at radius 3 is 2.53 bits per heavy atom. The van der Waals surface area contributed by atoms with Crippen molar-refractivity contribution in [1.29, 1.82) is 0 Å². The molecule has 2 aromatic rings. The van der Waals surface area contributed by atoms with Crippen molar-refractivity contribution in [3.63, 3.8) is 0 Å². The highest BCUT2D eigenvalue weighted by atomic mass is 19.1. The number of carbonyl (C=O) groups is 3. The number of carbonyl (C=O) groups excluding carboxylic acids is 3. The molecule has 0 bridgehead atoms. The molecule has 3 rings (SSSR count). The van der Waals surface area contributed by atoms with Gasteiger partial charge in [0.1, 0.15) is 5.82 Å². The van der Waals surface area contributed by atoms with Gasteiger partial charge < -0.3 is 21.1 Å². The fraction of sp³-hybridized carbons (Fsp3) is 0.385. The molecule has 0 fully saturated rings. The van der Waals surface area contributed by atoms with Gasteiger partial charge in [-0.25, -0.2) is 14.2 Å². The number of alkyl carbamates (subject to hydrolysis) is 1. The minimum absolute atomic E-state index is 0.0214.